The molecule has 0 saturated carbocycles. The Kier molecular flexibility index (Phi) is 5.68. The Morgan fingerprint density at radius 3 is 2.75 bits per heavy atom. The van der Waals surface area contributed by atoms with Gasteiger partial charge in [-0.15, -0.1) is 11.3 Å². The second-order valence-electron chi connectivity index (χ2n) is 6.67. The van der Waals surface area contributed by atoms with Crippen molar-refractivity contribution in [3.8, 4) is 0 Å². The van der Waals surface area contributed by atoms with E-state index in [1.165, 1.54) is 26.9 Å². The summed E-state index contributed by atoms with van der Waals surface area (Å²) in [5, 5.41) is 3.37. The Hall–Kier alpha value is -1.94. The average Bonchev–Trinajstić information content (AvgIpc) is 3.37. The maximum absolute atomic E-state index is 12.8. The monoisotopic (exact) mass is 420 g/mol. The van der Waals surface area contributed by atoms with Gasteiger partial charge in [0.15, 0.2) is 5.96 Å². The maximum atomic E-state index is 12.8. The lowest BCUT2D eigenvalue weighted by atomic mass is 10.2. The van der Waals surface area contributed by atoms with Crippen molar-refractivity contribution in [2.24, 2.45) is 4.99 Å². The van der Waals surface area contributed by atoms with Crippen LogP contribution in [0.3, 0.4) is 0 Å². The number of fused-ring (bicyclic) bond motifs is 1. The molecule has 3 heterocycles. The highest BCUT2D eigenvalue weighted by Gasteiger charge is 2.28. The van der Waals surface area contributed by atoms with Gasteiger partial charge in [0.1, 0.15) is 4.21 Å². The number of thiophene rings is 1. The summed E-state index contributed by atoms with van der Waals surface area (Å²) in [6.45, 7) is 3.15. The summed E-state index contributed by atoms with van der Waals surface area (Å²) in [6.07, 6.45) is 0.998. The molecule has 9 heteroatoms. The first-order valence-corrected chi connectivity index (χ1v) is 11.6. The lowest BCUT2D eigenvalue weighted by Gasteiger charge is -2.25. The van der Waals surface area contributed by atoms with Crippen molar-refractivity contribution in [2.75, 3.05) is 44.8 Å². The van der Waals surface area contributed by atoms with E-state index >= 15 is 0 Å². The van der Waals surface area contributed by atoms with E-state index in [2.05, 4.69) is 33.4 Å². The van der Waals surface area contributed by atoms with Gasteiger partial charge in [0.05, 0.1) is 19.8 Å². The van der Waals surface area contributed by atoms with E-state index in [1.54, 1.807) is 13.1 Å². The number of hydrogen-bond acceptors (Lipinski definition) is 5. The van der Waals surface area contributed by atoms with Crippen LogP contribution in [0.2, 0.25) is 0 Å². The minimum absolute atomic E-state index is 0.382. The molecule has 2 aliphatic heterocycles. The van der Waals surface area contributed by atoms with Crippen LogP contribution in [-0.4, -0.2) is 58.6 Å². The predicted molar refractivity (Wildman–Crippen MR) is 112 cm³/mol. The second kappa shape index (κ2) is 8.20. The standard InChI is InChI=1S/C19H24N4O3S2/c1-20-19(23-9-8-15-4-2-3-5-17(15)23)21-14-16-6-7-18(27-16)28(24,25)22-10-12-26-13-11-22/h2-7H,8-14H2,1H3,(H,20,21). The number of sulfonamides is 1. The number of morpholine rings is 1. The molecule has 150 valence electrons. The van der Waals surface area contributed by atoms with Gasteiger partial charge in [-0.2, -0.15) is 4.31 Å². The van der Waals surface area contributed by atoms with Gasteiger partial charge in [-0.3, -0.25) is 4.99 Å². The average molecular weight is 421 g/mol. The summed E-state index contributed by atoms with van der Waals surface area (Å²) < 4.78 is 32.7. The molecule has 0 amide bonds. The molecule has 0 unspecified atom stereocenters. The Morgan fingerprint density at radius 1 is 1.18 bits per heavy atom. The number of guanidine groups is 1. The lowest BCUT2D eigenvalue weighted by Crippen LogP contribution is -2.40. The van der Waals surface area contributed by atoms with E-state index in [1.807, 2.05) is 12.1 Å². The van der Waals surface area contributed by atoms with Crippen LogP contribution in [0.15, 0.2) is 45.6 Å². The quantitative estimate of drug-likeness (QED) is 0.604. The molecule has 0 bridgehead atoms. The van der Waals surface area contributed by atoms with Crippen molar-refractivity contribution in [3.05, 3.63) is 46.8 Å². The summed E-state index contributed by atoms with van der Waals surface area (Å²) >= 11 is 1.31. The van der Waals surface area contributed by atoms with Crippen LogP contribution in [-0.2, 0) is 27.7 Å². The fraction of sp³-hybridized carbons (Fsp3) is 0.421. The van der Waals surface area contributed by atoms with Crippen molar-refractivity contribution >= 4 is 33.0 Å². The predicted octanol–water partition coefficient (Wildman–Crippen LogP) is 1.91. The van der Waals surface area contributed by atoms with E-state index in [9.17, 15) is 8.42 Å². The van der Waals surface area contributed by atoms with Crippen molar-refractivity contribution < 1.29 is 13.2 Å². The zero-order chi connectivity index (χ0) is 19.6. The smallest absolute Gasteiger partial charge is 0.252 e. The highest BCUT2D eigenvalue weighted by Crippen LogP contribution is 2.28. The van der Waals surface area contributed by atoms with Gasteiger partial charge in [-0.05, 0) is 30.2 Å². The number of aliphatic imine (C=N–C) groups is 1. The summed E-state index contributed by atoms with van der Waals surface area (Å²) in [7, 11) is -1.67. The minimum atomic E-state index is -3.44. The molecular weight excluding hydrogens is 396 g/mol. The van der Waals surface area contributed by atoms with Crippen molar-refractivity contribution in [1.82, 2.24) is 9.62 Å². The van der Waals surface area contributed by atoms with Crippen LogP contribution in [0.5, 0.6) is 0 Å². The van der Waals surface area contributed by atoms with Gasteiger partial charge in [0.25, 0.3) is 10.0 Å². The molecule has 1 aromatic carbocycles. The Bertz CT molecular complexity index is 965. The van der Waals surface area contributed by atoms with Crippen molar-refractivity contribution in [2.45, 2.75) is 17.2 Å². The second-order valence-corrected chi connectivity index (χ2v) is 10.0. The SMILES string of the molecule is CN=C(NCc1ccc(S(=O)(=O)N2CCOCC2)s1)N1CCc2ccccc21. The molecule has 2 aromatic rings. The first kappa shape index (κ1) is 19.4. The summed E-state index contributed by atoms with van der Waals surface area (Å²) in [4.78, 5) is 7.54. The largest absolute Gasteiger partial charge is 0.379 e. The topological polar surface area (TPSA) is 74.2 Å². The van der Waals surface area contributed by atoms with Crippen LogP contribution in [0.25, 0.3) is 0 Å². The highest BCUT2D eigenvalue weighted by molar-refractivity contribution is 7.91. The molecule has 0 radical (unpaired) electrons. The number of rotatable bonds is 4. The number of hydrogen-bond donors (Lipinski definition) is 1. The molecule has 1 aromatic heterocycles. The third-order valence-electron chi connectivity index (χ3n) is 4.98. The number of ether oxygens (including phenoxy) is 1. The zero-order valence-electron chi connectivity index (χ0n) is 15.8. The molecule has 2 aliphatic rings. The number of anilines is 1. The van der Waals surface area contributed by atoms with Crippen LogP contribution >= 0.6 is 11.3 Å². The lowest BCUT2D eigenvalue weighted by molar-refractivity contribution is 0.0731. The third kappa shape index (κ3) is 3.80. The van der Waals surface area contributed by atoms with E-state index < -0.39 is 10.0 Å². The van der Waals surface area contributed by atoms with Gasteiger partial charge in [0, 0.05) is 37.2 Å². The summed E-state index contributed by atoms with van der Waals surface area (Å²) in [5.74, 6) is 0.802. The fourth-order valence-corrected chi connectivity index (χ4v) is 6.38. The molecule has 1 saturated heterocycles. The van der Waals surface area contributed by atoms with E-state index in [0.717, 1.165) is 23.8 Å². The normalized spacial score (nSPS) is 18.3. The van der Waals surface area contributed by atoms with Gasteiger partial charge in [-0.25, -0.2) is 8.42 Å². The first-order valence-electron chi connectivity index (χ1n) is 9.32. The molecule has 0 aliphatic carbocycles. The van der Waals surface area contributed by atoms with Gasteiger partial charge in [-0.1, -0.05) is 18.2 Å². The van der Waals surface area contributed by atoms with E-state index in [4.69, 9.17) is 4.74 Å². The number of para-hydroxylation sites is 1. The van der Waals surface area contributed by atoms with Crippen LogP contribution in [0.1, 0.15) is 10.4 Å². The van der Waals surface area contributed by atoms with Gasteiger partial charge < -0.3 is 15.0 Å². The van der Waals surface area contributed by atoms with Crippen LogP contribution in [0.4, 0.5) is 5.69 Å². The van der Waals surface area contributed by atoms with Crippen molar-refractivity contribution in [3.63, 3.8) is 0 Å². The Labute approximate surface area is 169 Å². The fourth-order valence-electron chi connectivity index (χ4n) is 3.53. The summed E-state index contributed by atoms with van der Waals surface area (Å²) in [5.41, 5.74) is 2.50. The molecule has 7 nitrogen and oxygen atoms in total. The molecule has 1 fully saturated rings. The van der Waals surface area contributed by atoms with E-state index in [-0.39, 0.29) is 0 Å². The van der Waals surface area contributed by atoms with Crippen LogP contribution in [0, 0.1) is 0 Å². The number of benzene rings is 1. The maximum Gasteiger partial charge on any atom is 0.252 e. The first-order chi connectivity index (χ1) is 13.6. The Morgan fingerprint density at radius 2 is 1.96 bits per heavy atom. The molecule has 0 atom stereocenters. The van der Waals surface area contributed by atoms with Gasteiger partial charge >= 0.3 is 0 Å². The van der Waals surface area contributed by atoms with Gasteiger partial charge in [0.2, 0.25) is 0 Å². The highest BCUT2D eigenvalue weighted by atomic mass is 32.2. The number of nitrogens with one attached hydrogen (secondary N) is 1. The van der Waals surface area contributed by atoms with Crippen LogP contribution < -0.4 is 10.2 Å². The Balaban J connectivity index is 1.43. The third-order valence-corrected chi connectivity index (χ3v) is 8.43. The zero-order valence-corrected chi connectivity index (χ0v) is 17.4. The molecular formula is C19H24N4O3S2. The summed E-state index contributed by atoms with van der Waals surface area (Å²) in [6, 6.07) is 11.9. The molecule has 0 spiro atoms. The van der Waals surface area contributed by atoms with Crippen molar-refractivity contribution in [1.29, 1.82) is 0 Å². The number of nitrogens with zero attached hydrogens (tertiary/aromatic N) is 3. The minimum Gasteiger partial charge on any atom is -0.379 e. The molecule has 4 rings (SSSR count). The van der Waals surface area contributed by atoms with E-state index in [0.29, 0.717) is 37.1 Å². The molecule has 1 N–H and O–H groups in total. The molecule has 28 heavy (non-hydrogen) atoms.